The van der Waals surface area contributed by atoms with Crippen LogP contribution in [0, 0.1) is 11.3 Å². The second kappa shape index (κ2) is 7.51. The molecule has 0 unspecified atom stereocenters. The Morgan fingerprint density at radius 3 is 2.04 bits per heavy atom. The Balaban J connectivity index is 1.45. The minimum atomic E-state index is 0.180. The van der Waals surface area contributed by atoms with Crippen LogP contribution < -0.4 is 14.4 Å². The van der Waals surface area contributed by atoms with E-state index in [-0.39, 0.29) is 5.91 Å². The SMILES string of the molecule is N#Cc1ccc(OCCOc2ccc(N3CCCC3=O)cc2)cc1. The molecule has 1 amide bonds. The lowest BCUT2D eigenvalue weighted by molar-refractivity contribution is -0.117. The molecule has 0 atom stereocenters. The summed E-state index contributed by atoms with van der Waals surface area (Å²) in [5.74, 6) is 1.63. The zero-order chi connectivity index (χ0) is 16.8. The summed E-state index contributed by atoms with van der Waals surface area (Å²) >= 11 is 0. The van der Waals surface area contributed by atoms with Crippen LogP contribution >= 0.6 is 0 Å². The zero-order valence-electron chi connectivity index (χ0n) is 13.3. The molecule has 3 rings (SSSR count). The molecule has 0 radical (unpaired) electrons. The van der Waals surface area contributed by atoms with Crippen LogP contribution in [-0.4, -0.2) is 25.7 Å². The van der Waals surface area contributed by atoms with E-state index < -0.39 is 0 Å². The summed E-state index contributed by atoms with van der Waals surface area (Å²) in [5.41, 5.74) is 1.52. The summed E-state index contributed by atoms with van der Waals surface area (Å²) in [5, 5.41) is 8.74. The van der Waals surface area contributed by atoms with Gasteiger partial charge in [0.05, 0.1) is 11.6 Å². The van der Waals surface area contributed by atoms with Crippen molar-refractivity contribution in [1.29, 1.82) is 5.26 Å². The predicted octanol–water partition coefficient (Wildman–Crippen LogP) is 3.14. The zero-order valence-corrected chi connectivity index (χ0v) is 13.3. The normalized spacial score (nSPS) is 13.6. The molecule has 0 aromatic heterocycles. The maximum atomic E-state index is 11.7. The van der Waals surface area contributed by atoms with Gasteiger partial charge in [0, 0.05) is 18.7 Å². The number of ether oxygens (including phenoxy) is 2. The fourth-order valence-corrected chi connectivity index (χ4v) is 2.59. The van der Waals surface area contributed by atoms with Crippen LogP contribution in [0.2, 0.25) is 0 Å². The van der Waals surface area contributed by atoms with Gasteiger partial charge in [-0.1, -0.05) is 0 Å². The van der Waals surface area contributed by atoms with Gasteiger partial charge in [0.15, 0.2) is 0 Å². The molecule has 5 heteroatoms. The van der Waals surface area contributed by atoms with Gasteiger partial charge in [0.25, 0.3) is 0 Å². The molecule has 0 spiro atoms. The summed E-state index contributed by atoms with van der Waals surface area (Å²) in [4.78, 5) is 13.5. The molecule has 2 aromatic rings. The average Bonchev–Trinajstić information content (AvgIpc) is 3.06. The fourth-order valence-electron chi connectivity index (χ4n) is 2.59. The van der Waals surface area contributed by atoms with Crippen molar-refractivity contribution in [2.24, 2.45) is 0 Å². The highest BCUT2D eigenvalue weighted by Crippen LogP contribution is 2.23. The van der Waals surface area contributed by atoms with Crippen LogP contribution in [0.1, 0.15) is 18.4 Å². The Kier molecular flexibility index (Phi) is 4.97. The first kappa shape index (κ1) is 15.9. The van der Waals surface area contributed by atoms with Crippen molar-refractivity contribution in [3.63, 3.8) is 0 Å². The Bertz CT molecular complexity index is 733. The van der Waals surface area contributed by atoms with Crippen LogP contribution in [0.3, 0.4) is 0 Å². The largest absolute Gasteiger partial charge is 0.490 e. The van der Waals surface area contributed by atoms with Gasteiger partial charge < -0.3 is 14.4 Å². The van der Waals surface area contributed by atoms with Crippen LogP contribution in [0.15, 0.2) is 48.5 Å². The highest BCUT2D eigenvalue weighted by molar-refractivity contribution is 5.95. The van der Waals surface area contributed by atoms with Gasteiger partial charge in [-0.05, 0) is 55.0 Å². The number of anilines is 1. The number of benzene rings is 2. The number of hydrogen-bond acceptors (Lipinski definition) is 4. The first-order valence-electron chi connectivity index (χ1n) is 7.92. The van der Waals surface area contributed by atoms with Crippen molar-refractivity contribution in [2.45, 2.75) is 12.8 Å². The molecule has 2 aromatic carbocycles. The van der Waals surface area contributed by atoms with Crippen LogP contribution in [0.4, 0.5) is 5.69 Å². The van der Waals surface area contributed by atoms with E-state index in [0.717, 1.165) is 24.4 Å². The van der Waals surface area contributed by atoms with E-state index in [1.165, 1.54) is 0 Å². The average molecular weight is 322 g/mol. The number of amides is 1. The molecule has 0 aliphatic carbocycles. The number of carbonyl (C=O) groups is 1. The number of rotatable bonds is 6. The maximum Gasteiger partial charge on any atom is 0.227 e. The molecular weight excluding hydrogens is 304 g/mol. The number of nitriles is 1. The molecule has 0 N–H and O–H groups in total. The van der Waals surface area contributed by atoms with Crippen LogP contribution in [0.5, 0.6) is 11.5 Å². The van der Waals surface area contributed by atoms with Gasteiger partial charge in [0.1, 0.15) is 24.7 Å². The molecule has 1 aliphatic rings. The third-order valence-electron chi connectivity index (χ3n) is 3.83. The van der Waals surface area contributed by atoms with E-state index >= 15 is 0 Å². The van der Waals surface area contributed by atoms with Gasteiger partial charge in [-0.15, -0.1) is 0 Å². The molecule has 122 valence electrons. The van der Waals surface area contributed by atoms with E-state index in [1.807, 2.05) is 24.3 Å². The van der Waals surface area contributed by atoms with Crippen molar-refractivity contribution in [1.82, 2.24) is 0 Å². The maximum absolute atomic E-state index is 11.7. The minimum Gasteiger partial charge on any atom is -0.490 e. The van der Waals surface area contributed by atoms with Crippen molar-refractivity contribution in [3.05, 3.63) is 54.1 Å². The Labute approximate surface area is 141 Å². The molecule has 1 fully saturated rings. The molecule has 5 nitrogen and oxygen atoms in total. The first-order valence-corrected chi connectivity index (χ1v) is 7.92. The van der Waals surface area contributed by atoms with Crippen molar-refractivity contribution in [2.75, 3.05) is 24.7 Å². The van der Waals surface area contributed by atoms with E-state index in [0.29, 0.717) is 30.9 Å². The van der Waals surface area contributed by atoms with E-state index in [4.69, 9.17) is 14.7 Å². The monoisotopic (exact) mass is 322 g/mol. The lowest BCUT2D eigenvalue weighted by atomic mass is 10.2. The lowest BCUT2D eigenvalue weighted by Crippen LogP contribution is -2.23. The Hall–Kier alpha value is -3.00. The second-order valence-electron chi connectivity index (χ2n) is 5.48. The van der Waals surface area contributed by atoms with Gasteiger partial charge in [-0.25, -0.2) is 0 Å². The molecule has 1 saturated heterocycles. The van der Waals surface area contributed by atoms with Gasteiger partial charge >= 0.3 is 0 Å². The summed E-state index contributed by atoms with van der Waals surface area (Å²) in [7, 11) is 0. The van der Waals surface area contributed by atoms with E-state index in [2.05, 4.69) is 6.07 Å². The number of nitrogens with zero attached hydrogens (tertiary/aromatic N) is 2. The topological polar surface area (TPSA) is 62.6 Å². The first-order chi connectivity index (χ1) is 11.8. The third kappa shape index (κ3) is 3.85. The fraction of sp³-hybridized carbons (Fsp3) is 0.263. The van der Waals surface area contributed by atoms with Crippen LogP contribution in [-0.2, 0) is 4.79 Å². The van der Waals surface area contributed by atoms with Gasteiger partial charge in [-0.2, -0.15) is 5.26 Å². The molecule has 1 aliphatic heterocycles. The van der Waals surface area contributed by atoms with Crippen LogP contribution in [0.25, 0.3) is 0 Å². The van der Waals surface area contributed by atoms with Gasteiger partial charge in [0.2, 0.25) is 5.91 Å². The van der Waals surface area contributed by atoms with Gasteiger partial charge in [-0.3, -0.25) is 4.79 Å². The van der Waals surface area contributed by atoms with Crippen molar-refractivity contribution < 1.29 is 14.3 Å². The molecule has 0 bridgehead atoms. The summed E-state index contributed by atoms with van der Waals surface area (Å²) < 4.78 is 11.2. The molecular formula is C19H18N2O3. The summed E-state index contributed by atoms with van der Waals surface area (Å²) in [6.07, 6.45) is 1.55. The summed E-state index contributed by atoms with van der Waals surface area (Å²) in [6.45, 7) is 1.62. The van der Waals surface area contributed by atoms with Crippen molar-refractivity contribution >= 4 is 11.6 Å². The highest BCUT2D eigenvalue weighted by atomic mass is 16.5. The standard InChI is InChI=1S/C19H18N2O3/c20-14-15-3-7-17(8-4-15)23-12-13-24-18-9-5-16(6-10-18)21-11-1-2-19(21)22/h3-10H,1-2,11-13H2. The highest BCUT2D eigenvalue weighted by Gasteiger charge is 2.21. The van der Waals surface area contributed by atoms with E-state index in [9.17, 15) is 4.79 Å². The number of carbonyl (C=O) groups excluding carboxylic acids is 1. The molecule has 1 heterocycles. The van der Waals surface area contributed by atoms with E-state index in [1.54, 1.807) is 29.2 Å². The Morgan fingerprint density at radius 2 is 1.54 bits per heavy atom. The summed E-state index contributed by atoms with van der Waals surface area (Å²) in [6, 6.07) is 16.6. The predicted molar refractivity (Wildman–Crippen MR) is 90.2 cm³/mol. The molecule has 0 saturated carbocycles. The lowest BCUT2D eigenvalue weighted by Gasteiger charge is -2.16. The smallest absolute Gasteiger partial charge is 0.227 e. The van der Waals surface area contributed by atoms with Crippen molar-refractivity contribution in [3.8, 4) is 17.6 Å². The third-order valence-corrected chi connectivity index (χ3v) is 3.83. The Morgan fingerprint density at radius 1 is 0.958 bits per heavy atom. The quantitative estimate of drug-likeness (QED) is 0.767. The molecule has 24 heavy (non-hydrogen) atoms. The minimum absolute atomic E-state index is 0.180. The number of hydrogen-bond donors (Lipinski definition) is 0. The second-order valence-corrected chi connectivity index (χ2v) is 5.48.